The van der Waals surface area contributed by atoms with Gasteiger partial charge in [-0.25, -0.2) is 4.98 Å². The summed E-state index contributed by atoms with van der Waals surface area (Å²) in [5, 5.41) is 12.2. The first kappa shape index (κ1) is 23.7. The van der Waals surface area contributed by atoms with Gasteiger partial charge in [-0.15, -0.1) is 24.8 Å². The van der Waals surface area contributed by atoms with Gasteiger partial charge in [-0.1, -0.05) is 0 Å². The van der Waals surface area contributed by atoms with E-state index in [1.807, 2.05) is 10.8 Å². The van der Waals surface area contributed by atoms with Crippen molar-refractivity contribution < 1.29 is 14.7 Å². The fourth-order valence-corrected chi connectivity index (χ4v) is 4.23. The Kier molecular flexibility index (Phi) is 9.56. The summed E-state index contributed by atoms with van der Waals surface area (Å²) in [6, 6.07) is 0.289. The minimum Gasteiger partial charge on any atom is -0.481 e. The van der Waals surface area contributed by atoms with Crippen LogP contribution in [-0.4, -0.2) is 39.6 Å². The van der Waals surface area contributed by atoms with Gasteiger partial charge in [-0.3, -0.25) is 9.59 Å². The highest BCUT2D eigenvalue weighted by molar-refractivity contribution is 5.89. The molecule has 4 N–H and O–H groups in total. The highest BCUT2D eigenvalue weighted by Gasteiger charge is 2.28. The van der Waals surface area contributed by atoms with Crippen LogP contribution in [-0.2, 0) is 4.79 Å². The number of carboxylic acid groups (broad SMARTS) is 1. The maximum Gasteiger partial charge on any atom is 0.303 e. The predicted octanol–water partition coefficient (Wildman–Crippen LogP) is 2.89. The van der Waals surface area contributed by atoms with E-state index in [9.17, 15) is 9.59 Å². The first-order chi connectivity index (χ1) is 12.0. The average molecular weight is 421 g/mol. The van der Waals surface area contributed by atoms with E-state index in [-0.39, 0.29) is 37.3 Å². The summed E-state index contributed by atoms with van der Waals surface area (Å²) < 4.78 is 2.00. The van der Waals surface area contributed by atoms with Gasteiger partial charge < -0.3 is 20.7 Å². The molecular formula is C18H30Cl2N4O3. The summed E-state index contributed by atoms with van der Waals surface area (Å²) in [7, 11) is 0. The number of nitrogens with two attached hydrogens (primary N) is 1. The van der Waals surface area contributed by atoms with Crippen LogP contribution >= 0.6 is 24.8 Å². The van der Waals surface area contributed by atoms with Crippen LogP contribution in [0.15, 0.2) is 6.20 Å². The molecule has 1 aliphatic heterocycles. The van der Waals surface area contributed by atoms with Gasteiger partial charge >= 0.3 is 5.97 Å². The molecule has 3 rings (SSSR count). The summed E-state index contributed by atoms with van der Waals surface area (Å²) >= 11 is 0. The van der Waals surface area contributed by atoms with Gasteiger partial charge in [0.15, 0.2) is 5.82 Å². The molecule has 0 bridgehead atoms. The second-order valence-corrected chi connectivity index (χ2v) is 7.39. The van der Waals surface area contributed by atoms with Crippen LogP contribution in [0.5, 0.6) is 0 Å². The van der Waals surface area contributed by atoms with Gasteiger partial charge in [0.25, 0.3) is 5.91 Å². The number of imidazole rings is 1. The van der Waals surface area contributed by atoms with Gasteiger partial charge in [-0.2, -0.15) is 0 Å². The second kappa shape index (κ2) is 10.9. The van der Waals surface area contributed by atoms with Crippen LogP contribution < -0.4 is 11.1 Å². The van der Waals surface area contributed by atoms with Crippen molar-refractivity contribution in [2.45, 2.75) is 63.3 Å². The number of piperidine rings is 1. The van der Waals surface area contributed by atoms with Gasteiger partial charge in [0.2, 0.25) is 0 Å². The van der Waals surface area contributed by atoms with Crippen LogP contribution in [0.1, 0.15) is 79.6 Å². The van der Waals surface area contributed by atoms with E-state index in [0.29, 0.717) is 17.7 Å². The van der Waals surface area contributed by atoms with Crippen molar-refractivity contribution in [1.82, 2.24) is 14.9 Å². The number of hydrogen-bond donors (Lipinski definition) is 3. The Bertz CT molecular complexity index is 624. The average Bonchev–Trinajstić information content (AvgIpc) is 3.07. The van der Waals surface area contributed by atoms with E-state index in [0.717, 1.165) is 63.7 Å². The molecule has 2 aliphatic rings. The first-order valence-corrected chi connectivity index (χ1v) is 9.35. The molecule has 2 heterocycles. The van der Waals surface area contributed by atoms with Crippen LogP contribution in [0.2, 0.25) is 0 Å². The number of halogens is 2. The lowest BCUT2D eigenvalue weighted by Gasteiger charge is -2.27. The van der Waals surface area contributed by atoms with Crippen LogP contribution in [0.3, 0.4) is 0 Å². The van der Waals surface area contributed by atoms with Crippen molar-refractivity contribution in [3.8, 4) is 0 Å². The summed E-state index contributed by atoms with van der Waals surface area (Å²) in [5.74, 6) is 0.0559. The molecule has 1 aromatic rings. The van der Waals surface area contributed by atoms with E-state index in [4.69, 9.17) is 10.8 Å². The number of nitrogens with zero attached hydrogens (tertiary/aromatic N) is 2. The molecule has 0 atom stereocenters. The number of carboxylic acids is 1. The smallest absolute Gasteiger partial charge is 0.303 e. The normalized spacial score (nSPS) is 23.1. The maximum absolute atomic E-state index is 11.8. The molecule has 0 unspecified atom stereocenters. The van der Waals surface area contributed by atoms with Crippen molar-refractivity contribution >= 4 is 36.7 Å². The maximum atomic E-state index is 11.8. The van der Waals surface area contributed by atoms with Gasteiger partial charge in [0.05, 0.1) is 5.69 Å². The molecule has 1 saturated heterocycles. The zero-order valence-electron chi connectivity index (χ0n) is 15.4. The predicted molar refractivity (Wildman–Crippen MR) is 108 cm³/mol. The highest BCUT2D eigenvalue weighted by atomic mass is 35.5. The van der Waals surface area contributed by atoms with Crippen LogP contribution in [0.4, 0.5) is 0 Å². The summed E-state index contributed by atoms with van der Waals surface area (Å²) in [6.45, 7) is 1.90. The van der Waals surface area contributed by atoms with Crippen molar-refractivity contribution in [1.29, 1.82) is 0 Å². The molecule has 9 heteroatoms. The molecule has 27 heavy (non-hydrogen) atoms. The number of rotatable bonds is 6. The third-order valence-corrected chi connectivity index (χ3v) is 5.70. The van der Waals surface area contributed by atoms with E-state index < -0.39 is 11.9 Å². The van der Waals surface area contributed by atoms with Crippen molar-refractivity contribution in [3.05, 3.63) is 17.7 Å². The molecule has 1 saturated carbocycles. The van der Waals surface area contributed by atoms with Crippen molar-refractivity contribution in [3.63, 3.8) is 0 Å². The third-order valence-electron chi connectivity index (χ3n) is 5.70. The summed E-state index contributed by atoms with van der Waals surface area (Å²) in [6.07, 6.45) is 9.10. The Morgan fingerprint density at radius 3 is 2.33 bits per heavy atom. The van der Waals surface area contributed by atoms with Gasteiger partial charge in [0, 0.05) is 24.6 Å². The quantitative estimate of drug-likeness (QED) is 0.654. The molecule has 1 aliphatic carbocycles. The molecule has 0 spiro atoms. The standard InChI is InChI=1S/C18H28N4O3.2ClH/c19-17(25)18-21-15(11-22(18)14-7-9-20-10-8-14)13-4-1-12(2-5-13)3-6-16(23)24;;/h11-14,20H,1-10H2,(H2,19,25)(H,23,24);2*1H. The number of aromatic nitrogens is 2. The lowest BCUT2D eigenvalue weighted by atomic mass is 9.79. The van der Waals surface area contributed by atoms with Crippen LogP contribution in [0.25, 0.3) is 0 Å². The lowest BCUT2D eigenvalue weighted by molar-refractivity contribution is -0.137. The minimum absolute atomic E-state index is 0. The fourth-order valence-electron chi connectivity index (χ4n) is 4.23. The molecule has 1 amide bonds. The minimum atomic E-state index is -0.714. The van der Waals surface area contributed by atoms with E-state index in [2.05, 4.69) is 10.3 Å². The first-order valence-electron chi connectivity index (χ1n) is 9.35. The van der Waals surface area contributed by atoms with Crippen molar-refractivity contribution in [2.75, 3.05) is 13.1 Å². The Morgan fingerprint density at radius 2 is 1.78 bits per heavy atom. The zero-order valence-corrected chi connectivity index (χ0v) is 17.1. The number of hydrogen-bond acceptors (Lipinski definition) is 4. The van der Waals surface area contributed by atoms with Crippen LogP contribution in [0, 0.1) is 5.92 Å². The largest absolute Gasteiger partial charge is 0.481 e. The molecule has 2 fully saturated rings. The monoisotopic (exact) mass is 420 g/mol. The molecule has 7 nitrogen and oxygen atoms in total. The Morgan fingerprint density at radius 1 is 1.15 bits per heavy atom. The van der Waals surface area contributed by atoms with Gasteiger partial charge in [-0.05, 0) is 64.0 Å². The summed E-state index contributed by atoms with van der Waals surface area (Å²) in [4.78, 5) is 27.1. The third kappa shape index (κ3) is 6.09. The number of primary amides is 1. The number of nitrogens with one attached hydrogen (secondary N) is 1. The molecule has 154 valence electrons. The fraction of sp³-hybridized carbons (Fsp3) is 0.722. The Hall–Kier alpha value is -1.31. The second-order valence-electron chi connectivity index (χ2n) is 7.39. The summed E-state index contributed by atoms with van der Waals surface area (Å²) in [5.41, 5.74) is 6.54. The Labute approximate surface area is 172 Å². The Balaban J connectivity index is 0.00000182. The number of amides is 1. The van der Waals surface area contributed by atoms with Crippen molar-refractivity contribution in [2.24, 2.45) is 11.7 Å². The van der Waals surface area contributed by atoms with Gasteiger partial charge in [0.1, 0.15) is 0 Å². The SMILES string of the molecule is Cl.Cl.NC(=O)c1nc(C2CCC(CCC(=O)O)CC2)cn1C1CCNCC1. The highest BCUT2D eigenvalue weighted by Crippen LogP contribution is 2.37. The molecule has 0 aromatic carbocycles. The number of aliphatic carboxylic acids is 1. The number of carbonyl (C=O) groups excluding carboxylic acids is 1. The lowest BCUT2D eigenvalue weighted by Crippen LogP contribution is -2.31. The molecule has 1 aromatic heterocycles. The topological polar surface area (TPSA) is 110 Å². The zero-order chi connectivity index (χ0) is 17.8. The van der Waals surface area contributed by atoms with E-state index in [1.165, 1.54) is 0 Å². The van der Waals surface area contributed by atoms with E-state index in [1.54, 1.807) is 0 Å². The number of carbonyl (C=O) groups is 2. The molecule has 0 radical (unpaired) electrons. The van der Waals surface area contributed by atoms with E-state index >= 15 is 0 Å². The molecular weight excluding hydrogens is 391 g/mol.